The Morgan fingerprint density at radius 1 is 0.696 bits per heavy atom. The Kier molecular flexibility index (Phi) is 11.6. The second-order valence-corrected chi connectivity index (χ2v) is 9.75. The molecule has 0 amide bonds. The minimum Gasteiger partial charge on any atom is -0.373 e. The standard InChI is InChI=1S/C19H30O3Si/c1-7-10-13-16-20-23(19(4,5)6,21-17-14-11-8-2)22-18-15-12-9-3/h1-3H,10-18H2,4-6H3. The van der Waals surface area contributed by atoms with Gasteiger partial charge in [0.1, 0.15) is 0 Å². The number of hydrogen-bond donors (Lipinski definition) is 0. The van der Waals surface area contributed by atoms with E-state index in [0.717, 1.165) is 19.3 Å². The average Bonchev–Trinajstić information content (AvgIpc) is 2.50. The lowest BCUT2D eigenvalue weighted by Crippen LogP contribution is -2.54. The molecular formula is C19H30O3Si. The molecule has 23 heavy (non-hydrogen) atoms. The van der Waals surface area contributed by atoms with Crippen LogP contribution in [-0.2, 0) is 13.3 Å². The highest BCUT2D eigenvalue weighted by Gasteiger charge is 2.53. The van der Waals surface area contributed by atoms with Crippen molar-refractivity contribution in [3.05, 3.63) is 0 Å². The second-order valence-electron chi connectivity index (χ2n) is 6.27. The fourth-order valence-electron chi connectivity index (χ4n) is 1.92. The highest BCUT2D eigenvalue weighted by atomic mass is 28.4. The second kappa shape index (κ2) is 12.2. The number of terminal acetylenes is 3. The Morgan fingerprint density at radius 2 is 1.00 bits per heavy atom. The van der Waals surface area contributed by atoms with Crippen molar-refractivity contribution in [3.8, 4) is 37.0 Å². The van der Waals surface area contributed by atoms with Crippen LogP contribution in [0.5, 0.6) is 0 Å². The van der Waals surface area contributed by atoms with Crippen molar-refractivity contribution in [2.24, 2.45) is 0 Å². The molecule has 0 aliphatic rings. The third-order valence-electron chi connectivity index (χ3n) is 3.19. The fraction of sp³-hybridized carbons (Fsp3) is 0.684. The summed E-state index contributed by atoms with van der Waals surface area (Å²) in [7, 11) is -2.85. The van der Waals surface area contributed by atoms with E-state index in [0.29, 0.717) is 39.1 Å². The van der Waals surface area contributed by atoms with Gasteiger partial charge in [0.15, 0.2) is 0 Å². The Morgan fingerprint density at radius 3 is 1.22 bits per heavy atom. The smallest absolute Gasteiger partial charge is 0.373 e. The normalized spacial score (nSPS) is 11.5. The largest absolute Gasteiger partial charge is 0.506 e. The minimum atomic E-state index is -2.85. The number of unbranched alkanes of at least 4 members (excludes halogenated alkanes) is 3. The van der Waals surface area contributed by atoms with E-state index in [9.17, 15) is 0 Å². The summed E-state index contributed by atoms with van der Waals surface area (Å²) >= 11 is 0. The van der Waals surface area contributed by atoms with Gasteiger partial charge < -0.3 is 13.3 Å². The van der Waals surface area contributed by atoms with Gasteiger partial charge in [-0.2, -0.15) is 0 Å². The van der Waals surface area contributed by atoms with Crippen LogP contribution in [0, 0.1) is 37.0 Å². The van der Waals surface area contributed by atoms with Crippen molar-refractivity contribution in [1.82, 2.24) is 0 Å². The lowest BCUT2D eigenvalue weighted by Gasteiger charge is -2.39. The lowest BCUT2D eigenvalue weighted by molar-refractivity contribution is 0.0382. The molecule has 0 heterocycles. The quantitative estimate of drug-likeness (QED) is 0.306. The first-order valence-electron chi connectivity index (χ1n) is 8.16. The molecule has 0 rings (SSSR count). The third kappa shape index (κ3) is 8.85. The summed E-state index contributed by atoms with van der Waals surface area (Å²) < 4.78 is 18.5. The van der Waals surface area contributed by atoms with E-state index in [1.807, 2.05) is 0 Å². The van der Waals surface area contributed by atoms with Crippen molar-refractivity contribution in [2.75, 3.05) is 19.8 Å². The molecule has 0 fully saturated rings. The van der Waals surface area contributed by atoms with Gasteiger partial charge in [-0.3, -0.25) is 0 Å². The third-order valence-corrected chi connectivity index (χ3v) is 6.78. The van der Waals surface area contributed by atoms with E-state index in [2.05, 4.69) is 38.5 Å². The molecule has 0 aromatic heterocycles. The van der Waals surface area contributed by atoms with E-state index in [-0.39, 0.29) is 5.04 Å². The molecule has 128 valence electrons. The molecule has 4 heteroatoms. The maximum absolute atomic E-state index is 6.15. The molecule has 0 radical (unpaired) electrons. The first-order chi connectivity index (χ1) is 10.9. The summed E-state index contributed by atoms with van der Waals surface area (Å²) in [5.74, 6) is 7.87. The van der Waals surface area contributed by atoms with Gasteiger partial charge in [-0.25, -0.2) is 0 Å². The molecule has 0 atom stereocenters. The molecule has 3 nitrogen and oxygen atoms in total. The molecule has 0 unspecified atom stereocenters. The van der Waals surface area contributed by atoms with Crippen molar-refractivity contribution < 1.29 is 13.3 Å². The highest BCUT2D eigenvalue weighted by molar-refractivity contribution is 6.64. The van der Waals surface area contributed by atoms with E-state index < -0.39 is 8.80 Å². The maximum Gasteiger partial charge on any atom is 0.506 e. The highest BCUT2D eigenvalue weighted by Crippen LogP contribution is 2.39. The van der Waals surface area contributed by atoms with Crippen molar-refractivity contribution in [2.45, 2.75) is 64.3 Å². The molecule has 0 saturated heterocycles. The van der Waals surface area contributed by atoms with Crippen LogP contribution in [0.4, 0.5) is 0 Å². The van der Waals surface area contributed by atoms with Gasteiger partial charge >= 0.3 is 8.80 Å². The average molecular weight is 335 g/mol. The Hall–Kier alpha value is -1.22. The van der Waals surface area contributed by atoms with Gasteiger partial charge in [-0.15, -0.1) is 37.0 Å². The molecule has 0 spiro atoms. The van der Waals surface area contributed by atoms with Gasteiger partial charge in [0.2, 0.25) is 0 Å². The van der Waals surface area contributed by atoms with Gasteiger partial charge in [0.25, 0.3) is 0 Å². The van der Waals surface area contributed by atoms with E-state index in [1.54, 1.807) is 0 Å². The van der Waals surface area contributed by atoms with Crippen LogP contribution in [0.1, 0.15) is 59.3 Å². The van der Waals surface area contributed by atoms with E-state index in [4.69, 9.17) is 32.5 Å². The van der Waals surface area contributed by atoms with Gasteiger partial charge in [0, 0.05) is 44.1 Å². The van der Waals surface area contributed by atoms with Crippen LogP contribution in [0.15, 0.2) is 0 Å². The topological polar surface area (TPSA) is 27.7 Å². The summed E-state index contributed by atoms with van der Waals surface area (Å²) in [6, 6.07) is 0. The van der Waals surface area contributed by atoms with Gasteiger partial charge in [-0.1, -0.05) is 20.8 Å². The molecule has 0 bridgehead atoms. The van der Waals surface area contributed by atoms with Gasteiger partial charge in [0.05, 0.1) is 0 Å². The Bertz CT molecular complexity index is 376. The summed E-state index contributed by atoms with van der Waals surface area (Å²) in [5, 5.41) is -0.227. The Balaban J connectivity index is 4.86. The molecule has 0 aromatic rings. The first-order valence-corrected chi connectivity index (χ1v) is 9.88. The fourth-order valence-corrected chi connectivity index (χ4v) is 4.71. The van der Waals surface area contributed by atoms with E-state index in [1.165, 1.54) is 0 Å². The zero-order valence-corrected chi connectivity index (χ0v) is 15.8. The zero-order chi connectivity index (χ0) is 17.6. The monoisotopic (exact) mass is 334 g/mol. The van der Waals surface area contributed by atoms with Crippen molar-refractivity contribution in [3.63, 3.8) is 0 Å². The zero-order valence-electron chi connectivity index (χ0n) is 14.8. The van der Waals surface area contributed by atoms with Crippen LogP contribution < -0.4 is 0 Å². The number of hydrogen-bond acceptors (Lipinski definition) is 3. The van der Waals surface area contributed by atoms with Crippen LogP contribution in [0.3, 0.4) is 0 Å². The molecule has 0 aromatic carbocycles. The molecular weight excluding hydrogens is 304 g/mol. The SMILES string of the molecule is C#CCCCO[Si](OCCCC#C)(OCCCC#C)C(C)(C)C. The summed E-state index contributed by atoms with van der Waals surface area (Å²) in [4.78, 5) is 0. The van der Waals surface area contributed by atoms with Crippen LogP contribution in [-0.4, -0.2) is 28.6 Å². The van der Waals surface area contributed by atoms with Crippen molar-refractivity contribution >= 4 is 8.80 Å². The predicted octanol–water partition coefficient (Wildman–Crippen LogP) is 4.02. The lowest BCUT2D eigenvalue weighted by atomic mass is 10.3. The number of rotatable bonds is 12. The Labute approximate surface area is 143 Å². The summed E-state index contributed by atoms with van der Waals surface area (Å²) in [6.07, 6.45) is 20.3. The van der Waals surface area contributed by atoms with Crippen LogP contribution in [0.2, 0.25) is 5.04 Å². The van der Waals surface area contributed by atoms with Crippen LogP contribution >= 0.6 is 0 Å². The van der Waals surface area contributed by atoms with Crippen molar-refractivity contribution in [1.29, 1.82) is 0 Å². The summed E-state index contributed by atoms with van der Waals surface area (Å²) in [5.41, 5.74) is 0. The maximum atomic E-state index is 6.15. The molecule has 0 N–H and O–H groups in total. The molecule has 0 aliphatic carbocycles. The molecule has 0 saturated carbocycles. The summed E-state index contributed by atoms with van der Waals surface area (Å²) in [6.45, 7) is 7.88. The van der Waals surface area contributed by atoms with Crippen LogP contribution in [0.25, 0.3) is 0 Å². The first kappa shape index (κ1) is 21.8. The molecule has 0 aliphatic heterocycles. The minimum absolute atomic E-state index is 0.227. The van der Waals surface area contributed by atoms with Gasteiger partial charge in [-0.05, 0) is 19.3 Å². The predicted molar refractivity (Wildman–Crippen MR) is 97.5 cm³/mol. The van der Waals surface area contributed by atoms with E-state index >= 15 is 0 Å².